The molecule has 2 amide bonds. The number of halogens is 1. The molecule has 18 heavy (non-hydrogen) atoms. The molecule has 1 unspecified atom stereocenters. The van der Waals surface area contributed by atoms with E-state index in [4.69, 9.17) is 4.74 Å². The largest absolute Gasteiger partial charge is 0.372 e. The zero-order chi connectivity index (χ0) is 13.7. The highest BCUT2D eigenvalue weighted by atomic mass is 19.1. The first-order chi connectivity index (χ1) is 8.43. The van der Waals surface area contributed by atoms with Crippen LogP contribution in [0, 0.1) is 5.82 Å². The second-order valence-corrected chi connectivity index (χ2v) is 3.74. The van der Waals surface area contributed by atoms with Gasteiger partial charge in [0.2, 0.25) is 5.91 Å². The van der Waals surface area contributed by atoms with Gasteiger partial charge in [-0.15, -0.1) is 0 Å². The molecule has 0 fully saturated rings. The van der Waals surface area contributed by atoms with Crippen LogP contribution in [-0.2, 0) is 14.3 Å². The number of anilines is 2. The number of ether oxygens (including phenoxy) is 1. The maximum Gasteiger partial charge on any atom is 0.253 e. The quantitative estimate of drug-likeness (QED) is 0.860. The van der Waals surface area contributed by atoms with Crippen molar-refractivity contribution in [2.75, 3.05) is 17.7 Å². The zero-order valence-corrected chi connectivity index (χ0v) is 10.4. The summed E-state index contributed by atoms with van der Waals surface area (Å²) in [6, 6.07) is 3.91. The topological polar surface area (TPSA) is 67.4 Å². The number of nitrogens with one attached hydrogen (secondary N) is 2. The number of hydrogen-bond acceptors (Lipinski definition) is 3. The van der Waals surface area contributed by atoms with E-state index in [1.807, 2.05) is 0 Å². The summed E-state index contributed by atoms with van der Waals surface area (Å²) in [4.78, 5) is 22.4. The molecule has 1 aromatic carbocycles. The van der Waals surface area contributed by atoms with Crippen molar-refractivity contribution in [3.8, 4) is 0 Å². The molecule has 0 saturated carbocycles. The van der Waals surface area contributed by atoms with Gasteiger partial charge in [0.05, 0.1) is 5.69 Å². The van der Waals surface area contributed by atoms with E-state index >= 15 is 0 Å². The molecule has 0 aliphatic carbocycles. The van der Waals surface area contributed by atoms with Gasteiger partial charge < -0.3 is 15.4 Å². The van der Waals surface area contributed by atoms with Crippen molar-refractivity contribution in [3.05, 3.63) is 24.0 Å². The summed E-state index contributed by atoms with van der Waals surface area (Å²) in [5, 5.41) is 4.88. The molecule has 0 heterocycles. The highest BCUT2D eigenvalue weighted by Gasteiger charge is 2.12. The first-order valence-corrected chi connectivity index (χ1v) is 5.35. The molecule has 0 spiro atoms. The number of amides is 2. The van der Waals surface area contributed by atoms with E-state index in [2.05, 4.69) is 10.6 Å². The average Bonchev–Trinajstić information content (AvgIpc) is 2.31. The predicted octanol–water partition coefficient (Wildman–Crippen LogP) is 1.76. The van der Waals surface area contributed by atoms with Gasteiger partial charge in [-0.1, -0.05) is 0 Å². The summed E-state index contributed by atoms with van der Waals surface area (Å²) in [5.74, 6) is -1.30. The van der Waals surface area contributed by atoms with Crippen molar-refractivity contribution >= 4 is 23.2 Å². The molecule has 0 aliphatic heterocycles. The molecule has 2 N–H and O–H groups in total. The van der Waals surface area contributed by atoms with Gasteiger partial charge in [-0.3, -0.25) is 9.59 Å². The van der Waals surface area contributed by atoms with E-state index in [1.165, 1.54) is 32.2 Å². The molecule has 1 atom stereocenters. The average molecular weight is 254 g/mol. The number of rotatable bonds is 4. The lowest BCUT2D eigenvalue weighted by Crippen LogP contribution is -2.26. The van der Waals surface area contributed by atoms with Crippen LogP contribution in [0.1, 0.15) is 13.8 Å². The van der Waals surface area contributed by atoms with E-state index in [0.717, 1.165) is 0 Å². The van der Waals surface area contributed by atoms with Gasteiger partial charge in [-0.05, 0) is 25.1 Å². The standard InChI is InChI=1S/C12H15FN2O3/c1-7(18-3)12(17)15-9-4-5-10(13)11(6-9)14-8(2)16/h4-7H,1-3H3,(H,14,16)(H,15,17). The fourth-order valence-corrected chi connectivity index (χ4v) is 1.24. The Morgan fingerprint density at radius 2 is 2.00 bits per heavy atom. The van der Waals surface area contributed by atoms with Crippen molar-refractivity contribution in [3.63, 3.8) is 0 Å². The first kappa shape index (κ1) is 14.1. The lowest BCUT2D eigenvalue weighted by atomic mass is 10.2. The van der Waals surface area contributed by atoms with Crippen LogP contribution in [-0.4, -0.2) is 25.0 Å². The summed E-state index contributed by atoms with van der Waals surface area (Å²) >= 11 is 0. The van der Waals surface area contributed by atoms with E-state index in [9.17, 15) is 14.0 Å². The van der Waals surface area contributed by atoms with E-state index in [1.54, 1.807) is 6.92 Å². The number of carbonyl (C=O) groups excluding carboxylic acids is 2. The molecule has 0 saturated heterocycles. The maximum atomic E-state index is 13.3. The van der Waals surface area contributed by atoms with Crippen LogP contribution in [0.5, 0.6) is 0 Å². The van der Waals surface area contributed by atoms with Crippen molar-refractivity contribution in [2.24, 2.45) is 0 Å². The van der Waals surface area contributed by atoms with Crippen LogP contribution >= 0.6 is 0 Å². The number of hydrogen-bond donors (Lipinski definition) is 2. The Kier molecular flexibility index (Phi) is 4.79. The van der Waals surface area contributed by atoms with Gasteiger partial charge in [0.15, 0.2) is 0 Å². The molecule has 6 heteroatoms. The highest BCUT2D eigenvalue weighted by molar-refractivity contribution is 5.95. The lowest BCUT2D eigenvalue weighted by molar-refractivity contribution is -0.124. The Hall–Kier alpha value is -1.95. The second kappa shape index (κ2) is 6.11. The fourth-order valence-electron chi connectivity index (χ4n) is 1.24. The van der Waals surface area contributed by atoms with Gasteiger partial charge in [-0.2, -0.15) is 0 Å². The van der Waals surface area contributed by atoms with Crippen LogP contribution < -0.4 is 10.6 Å². The molecular formula is C12H15FN2O3. The van der Waals surface area contributed by atoms with Crippen LogP contribution in [0.15, 0.2) is 18.2 Å². The van der Waals surface area contributed by atoms with Crippen molar-refractivity contribution in [1.29, 1.82) is 0 Å². The van der Waals surface area contributed by atoms with Crippen LogP contribution in [0.4, 0.5) is 15.8 Å². The van der Waals surface area contributed by atoms with Crippen LogP contribution in [0.25, 0.3) is 0 Å². The third-order valence-corrected chi connectivity index (χ3v) is 2.27. The number of methoxy groups -OCH3 is 1. The van der Waals surface area contributed by atoms with E-state index in [-0.39, 0.29) is 17.5 Å². The Bertz CT molecular complexity index is 463. The molecule has 98 valence electrons. The van der Waals surface area contributed by atoms with Crippen LogP contribution in [0.2, 0.25) is 0 Å². The van der Waals surface area contributed by atoms with Gasteiger partial charge in [0.1, 0.15) is 11.9 Å². The minimum atomic E-state index is -0.612. The van der Waals surface area contributed by atoms with Gasteiger partial charge in [0, 0.05) is 19.7 Å². The van der Waals surface area contributed by atoms with Crippen LogP contribution in [0.3, 0.4) is 0 Å². The summed E-state index contributed by atoms with van der Waals surface area (Å²) in [6.07, 6.45) is -0.612. The minimum Gasteiger partial charge on any atom is -0.372 e. The monoisotopic (exact) mass is 254 g/mol. The van der Waals surface area contributed by atoms with Crippen molar-refractivity contribution in [1.82, 2.24) is 0 Å². The van der Waals surface area contributed by atoms with E-state index < -0.39 is 11.9 Å². The maximum absolute atomic E-state index is 13.3. The minimum absolute atomic E-state index is 0.0189. The summed E-state index contributed by atoms with van der Waals surface area (Å²) in [7, 11) is 1.41. The van der Waals surface area contributed by atoms with Crippen molar-refractivity contribution in [2.45, 2.75) is 20.0 Å². The molecule has 1 aromatic rings. The van der Waals surface area contributed by atoms with Gasteiger partial charge in [-0.25, -0.2) is 4.39 Å². The zero-order valence-electron chi connectivity index (χ0n) is 10.4. The normalized spacial score (nSPS) is 11.8. The third kappa shape index (κ3) is 3.81. The first-order valence-electron chi connectivity index (χ1n) is 5.35. The summed E-state index contributed by atoms with van der Waals surface area (Å²) in [5.41, 5.74) is 0.402. The van der Waals surface area contributed by atoms with Crippen molar-refractivity contribution < 1.29 is 18.7 Å². The smallest absolute Gasteiger partial charge is 0.253 e. The predicted molar refractivity (Wildman–Crippen MR) is 65.8 cm³/mol. The fraction of sp³-hybridized carbons (Fsp3) is 0.333. The SMILES string of the molecule is COC(C)C(=O)Nc1ccc(F)c(NC(C)=O)c1. The Morgan fingerprint density at radius 1 is 1.33 bits per heavy atom. The third-order valence-electron chi connectivity index (χ3n) is 2.27. The molecule has 0 radical (unpaired) electrons. The molecule has 0 bridgehead atoms. The molecule has 5 nitrogen and oxygen atoms in total. The van der Waals surface area contributed by atoms with Gasteiger partial charge in [0.25, 0.3) is 5.91 Å². The highest BCUT2D eigenvalue weighted by Crippen LogP contribution is 2.19. The molecular weight excluding hydrogens is 239 g/mol. The Labute approximate surface area is 104 Å². The lowest BCUT2D eigenvalue weighted by Gasteiger charge is -2.12. The van der Waals surface area contributed by atoms with Gasteiger partial charge >= 0.3 is 0 Å². The van der Waals surface area contributed by atoms with E-state index in [0.29, 0.717) is 5.69 Å². The molecule has 1 rings (SSSR count). The molecule has 0 aromatic heterocycles. The summed E-state index contributed by atoms with van der Waals surface area (Å²) < 4.78 is 18.2. The molecule has 0 aliphatic rings. The number of benzene rings is 1. The number of carbonyl (C=O) groups is 2. The second-order valence-electron chi connectivity index (χ2n) is 3.74. The summed E-state index contributed by atoms with van der Waals surface area (Å²) in [6.45, 7) is 2.87. The Morgan fingerprint density at radius 3 is 2.56 bits per heavy atom. The Balaban J connectivity index is 2.85.